The number of nitrogens with two attached hydrogens (primary N) is 1. The summed E-state index contributed by atoms with van der Waals surface area (Å²) in [5.41, 5.74) is 7.61. The summed E-state index contributed by atoms with van der Waals surface area (Å²) in [6, 6.07) is 11.4. The van der Waals surface area contributed by atoms with E-state index in [2.05, 4.69) is 21.1 Å². The zero-order valence-electron chi connectivity index (χ0n) is 10.6. The molecule has 0 saturated carbocycles. The first kappa shape index (κ1) is 14.1. The van der Waals surface area contributed by atoms with Crippen LogP contribution in [0.3, 0.4) is 0 Å². The van der Waals surface area contributed by atoms with E-state index in [1.807, 2.05) is 6.07 Å². The summed E-state index contributed by atoms with van der Waals surface area (Å²) in [6.45, 7) is 0. The molecule has 0 atom stereocenters. The van der Waals surface area contributed by atoms with E-state index in [9.17, 15) is 4.39 Å². The fraction of sp³-hybridized carbons (Fsp3) is 0. The second-order valence-electron chi connectivity index (χ2n) is 4.41. The van der Waals surface area contributed by atoms with Gasteiger partial charge < -0.3 is 10.3 Å². The monoisotopic (exact) mass is 366 g/mol. The molecule has 2 aromatic carbocycles. The molecular weight excluding hydrogens is 359 g/mol. The predicted octanol–water partition coefficient (Wildman–Crippen LogP) is 5.15. The zero-order valence-corrected chi connectivity index (χ0v) is 13.0. The number of hydrogen-bond donors (Lipinski definition) is 1. The predicted molar refractivity (Wildman–Crippen MR) is 84.5 cm³/mol. The Morgan fingerprint density at radius 1 is 1.19 bits per heavy atom. The Bertz CT molecular complexity index is 819. The number of nitrogens with zero attached hydrogens (tertiary/aromatic N) is 1. The normalized spacial score (nSPS) is 10.8. The van der Waals surface area contributed by atoms with Crippen LogP contribution in [0.4, 0.5) is 10.2 Å². The van der Waals surface area contributed by atoms with Crippen molar-refractivity contribution in [3.63, 3.8) is 0 Å². The average Bonchev–Trinajstić information content (AvgIpc) is 2.83. The Morgan fingerprint density at radius 3 is 2.76 bits per heavy atom. The van der Waals surface area contributed by atoms with Crippen molar-refractivity contribution in [3.8, 4) is 22.5 Å². The molecule has 106 valence electrons. The lowest BCUT2D eigenvalue weighted by Crippen LogP contribution is -1.90. The average molecular weight is 368 g/mol. The fourth-order valence-corrected chi connectivity index (χ4v) is 2.65. The van der Waals surface area contributed by atoms with Gasteiger partial charge in [-0.05, 0) is 35.9 Å². The third-order valence-electron chi connectivity index (χ3n) is 3.00. The van der Waals surface area contributed by atoms with Crippen LogP contribution in [-0.2, 0) is 0 Å². The standard InChI is InChI=1S/C15H9BrClFN2O/c16-9-4-5-12(17)11(7-9)14-13(15(19)20-21-14)8-2-1-3-10(18)6-8/h1-7H,(H2,19,20). The van der Waals surface area contributed by atoms with Gasteiger partial charge in [-0.15, -0.1) is 0 Å². The van der Waals surface area contributed by atoms with Gasteiger partial charge in [0.2, 0.25) is 0 Å². The number of benzene rings is 2. The Kier molecular flexibility index (Phi) is 3.69. The van der Waals surface area contributed by atoms with Gasteiger partial charge in [0.1, 0.15) is 5.82 Å². The maximum atomic E-state index is 13.4. The molecule has 21 heavy (non-hydrogen) atoms. The van der Waals surface area contributed by atoms with Crippen LogP contribution in [0.2, 0.25) is 5.02 Å². The number of hydrogen-bond acceptors (Lipinski definition) is 3. The molecule has 1 aromatic heterocycles. The smallest absolute Gasteiger partial charge is 0.178 e. The lowest BCUT2D eigenvalue weighted by atomic mass is 10.0. The third kappa shape index (κ3) is 2.66. The minimum absolute atomic E-state index is 0.187. The van der Waals surface area contributed by atoms with Crippen molar-refractivity contribution in [3.05, 3.63) is 57.8 Å². The Morgan fingerprint density at radius 2 is 2.00 bits per heavy atom. The topological polar surface area (TPSA) is 52.0 Å². The van der Waals surface area contributed by atoms with Crippen molar-refractivity contribution in [1.29, 1.82) is 0 Å². The van der Waals surface area contributed by atoms with Crippen molar-refractivity contribution < 1.29 is 8.91 Å². The van der Waals surface area contributed by atoms with Crippen LogP contribution in [0.1, 0.15) is 0 Å². The van der Waals surface area contributed by atoms with Gasteiger partial charge in [0.15, 0.2) is 11.6 Å². The Balaban J connectivity index is 2.24. The van der Waals surface area contributed by atoms with Gasteiger partial charge in [0, 0.05) is 10.0 Å². The van der Waals surface area contributed by atoms with E-state index in [1.54, 1.807) is 24.3 Å². The first-order valence-corrected chi connectivity index (χ1v) is 7.20. The van der Waals surface area contributed by atoms with E-state index in [0.29, 0.717) is 27.5 Å². The van der Waals surface area contributed by atoms with Crippen molar-refractivity contribution >= 4 is 33.3 Å². The minimum atomic E-state index is -0.362. The Labute approximate surface area is 133 Å². The summed E-state index contributed by atoms with van der Waals surface area (Å²) in [6.07, 6.45) is 0. The Hall–Kier alpha value is -1.85. The van der Waals surface area contributed by atoms with Gasteiger partial charge in [-0.3, -0.25) is 0 Å². The molecule has 0 aliphatic heterocycles. The maximum absolute atomic E-state index is 13.4. The van der Waals surface area contributed by atoms with E-state index in [-0.39, 0.29) is 11.6 Å². The molecule has 0 saturated heterocycles. The molecule has 0 bridgehead atoms. The lowest BCUT2D eigenvalue weighted by Gasteiger charge is -2.05. The van der Waals surface area contributed by atoms with Crippen molar-refractivity contribution in [2.75, 3.05) is 5.73 Å². The molecule has 0 aliphatic rings. The molecular formula is C15H9BrClFN2O. The molecule has 6 heteroatoms. The molecule has 0 unspecified atom stereocenters. The van der Waals surface area contributed by atoms with Gasteiger partial charge in [-0.2, -0.15) is 0 Å². The van der Waals surface area contributed by atoms with E-state index in [4.69, 9.17) is 21.9 Å². The summed E-state index contributed by atoms with van der Waals surface area (Å²) in [5, 5.41) is 4.27. The van der Waals surface area contributed by atoms with Crippen LogP contribution < -0.4 is 5.73 Å². The van der Waals surface area contributed by atoms with Gasteiger partial charge >= 0.3 is 0 Å². The summed E-state index contributed by atoms with van der Waals surface area (Å²) in [7, 11) is 0. The highest BCUT2D eigenvalue weighted by atomic mass is 79.9. The number of rotatable bonds is 2. The number of nitrogen functional groups attached to an aromatic ring is 1. The van der Waals surface area contributed by atoms with E-state index in [0.717, 1.165) is 4.47 Å². The maximum Gasteiger partial charge on any atom is 0.178 e. The highest BCUT2D eigenvalue weighted by molar-refractivity contribution is 9.10. The summed E-state index contributed by atoms with van der Waals surface area (Å²) < 4.78 is 19.6. The summed E-state index contributed by atoms with van der Waals surface area (Å²) >= 11 is 9.59. The minimum Gasteiger partial charge on any atom is -0.380 e. The second-order valence-corrected chi connectivity index (χ2v) is 5.73. The molecule has 2 N–H and O–H groups in total. The number of halogens is 3. The van der Waals surface area contributed by atoms with Gasteiger partial charge in [0.25, 0.3) is 0 Å². The van der Waals surface area contributed by atoms with E-state index < -0.39 is 0 Å². The van der Waals surface area contributed by atoms with Gasteiger partial charge in [-0.1, -0.05) is 44.8 Å². The van der Waals surface area contributed by atoms with E-state index >= 15 is 0 Å². The molecule has 0 fully saturated rings. The molecule has 1 heterocycles. The first-order valence-electron chi connectivity index (χ1n) is 6.03. The molecule has 0 spiro atoms. The molecule has 3 aromatic rings. The van der Waals surface area contributed by atoms with Gasteiger partial charge in [0.05, 0.1) is 10.6 Å². The fourth-order valence-electron chi connectivity index (χ4n) is 2.08. The van der Waals surface area contributed by atoms with Crippen LogP contribution in [0.15, 0.2) is 51.5 Å². The van der Waals surface area contributed by atoms with Crippen LogP contribution in [0.25, 0.3) is 22.5 Å². The SMILES string of the molecule is Nc1noc(-c2cc(Br)ccc2Cl)c1-c1cccc(F)c1. The largest absolute Gasteiger partial charge is 0.380 e. The van der Waals surface area contributed by atoms with Crippen LogP contribution in [0, 0.1) is 5.82 Å². The summed E-state index contributed by atoms with van der Waals surface area (Å²) in [5.74, 6) is 0.232. The van der Waals surface area contributed by atoms with E-state index in [1.165, 1.54) is 12.1 Å². The number of aromatic nitrogens is 1. The van der Waals surface area contributed by atoms with Crippen molar-refractivity contribution in [2.24, 2.45) is 0 Å². The highest BCUT2D eigenvalue weighted by Gasteiger charge is 2.20. The van der Waals surface area contributed by atoms with Crippen LogP contribution in [0.5, 0.6) is 0 Å². The number of anilines is 1. The zero-order chi connectivity index (χ0) is 15.0. The van der Waals surface area contributed by atoms with Crippen LogP contribution >= 0.6 is 27.5 Å². The molecule has 3 nitrogen and oxygen atoms in total. The molecule has 0 aliphatic carbocycles. The third-order valence-corrected chi connectivity index (χ3v) is 3.83. The molecule has 3 rings (SSSR count). The first-order chi connectivity index (χ1) is 10.1. The highest BCUT2D eigenvalue weighted by Crippen LogP contribution is 2.40. The van der Waals surface area contributed by atoms with Crippen LogP contribution in [-0.4, -0.2) is 5.16 Å². The summed E-state index contributed by atoms with van der Waals surface area (Å²) in [4.78, 5) is 0. The molecule has 0 amide bonds. The van der Waals surface area contributed by atoms with Crippen molar-refractivity contribution in [2.45, 2.75) is 0 Å². The quantitative estimate of drug-likeness (QED) is 0.682. The van der Waals surface area contributed by atoms with Gasteiger partial charge in [-0.25, -0.2) is 4.39 Å². The lowest BCUT2D eigenvalue weighted by molar-refractivity contribution is 0.436. The van der Waals surface area contributed by atoms with Crippen molar-refractivity contribution in [1.82, 2.24) is 5.16 Å². The second kappa shape index (κ2) is 5.50. The molecule has 0 radical (unpaired) electrons.